The van der Waals surface area contributed by atoms with Crippen LogP contribution in [0.15, 0.2) is 59.8 Å². The quantitative estimate of drug-likeness (QED) is 0.527. The second-order valence-corrected chi connectivity index (χ2v) is 7.78. The predicted octanol–water partition coefficient (Wildman–Crippen LogP) is 4.82. The molecule has 1 aliphatic heterocycles. The van der Waals surface area contributed by atoms with E-state index in [1.807, 2.05) is 31.2 Å². The number of methoxy groups -OCH3 is 1. The summed E-state index contributed by atoms with van der Waals surface area (Å²) in [7, 11) is 1.32. The maximum absolute atomic E-state index is 12.7. The van der Waals surface area contributed by atoms with Crippen molar-refractivity contribution in [3.8, 4) is 0 Å². The van der Waals surface area contributed by atoms with Crippen molar-refractivity contribution in [2.24, 2.45) is 0 Å². The summed E-state index contributed by atoms with van der Waals surface area (Å²) in [6.45, 7) is 6.25. The van der Waals surface area contributed by atoms with E-state index in [0.717, 1.165) is 18.4 Å². The molecule has 3 rings (SSSR count). The molecule has 0 fully saturated rings. The number of ether oxygens (including phenoxy) is 1. The zero-order valence-corrected chi connectivity index (χ0v) is 19.4. The molecule has 0 bridgehead atoms. The number of carbonyl (C=O) groups excluding carboxylic acids is 3. The average molecular weight is 451 g/mol. The Hall–Kier alpha value is -3.81. The molecule has 0 saturated heterocycles. The Balaban J connectivity index is 1.84. The number of nitrogens with one attached hydrogen (secondary N) is 3. The van der Waals surface area contributed by atoms with Gasteiger partial charge < -0.3 is 20.7 Å². The highest BCUT2D eigenvalue weighted by molar-refractivity contribution is 6.00. The van der Waals surface area contributed by atoms with Gasteiger partial charge in [0.2, 0.25) is 0 Å². The second-order valence-electron chi connectivity index (χ2n) is 7.78. The fraction of sp³-hybridized carbons (Fsp3) is 0.320. The van der Waals surface area contributed by atoms with E-state index in [9.17, 15) is 14.4 Å². The summed E-state index contributed by atoms with van der Waals surface area (Å²) in [4.78, 5) is 39.4. The van der Waals surface area contributed by atoms with E-state index in [0.29, 0.717) is 34.8 Å². The van der Waals surface area contributed by atoms with Crippen molar-refractivity contribution in [2.75, 3.05) is 24.3 Å². The van der Waals surface area contributed by atoms with E-state index < -0.39 is 12.0 Å². The largest absolute Gasteiger partial charge is 0.466 e. The van der Waals surface area contributed by atoms with Crippen molar-refractivity contribution in [3.63, 3.8) is 0 Å². The summed E-state index contributed by atoms with van der Waals surface area (Å²) in [6.07, 6.45) is 1.62. The van der Waals surface area contributed by atoms with Gasteiger partial charge >= 0.3 is 18.0 Å². The highest BCUT2D eigenvalue weighted by atomic mass is 16.5. The number of anilines is 2. The molecule has 1 atom stereocenters. The molecule has 2 aromatic carbocycles. The number of carbonyl (C=O) groups is 3. The lowest BCUT2D eigenvalue weighted by Crippen LogP contribution is -2.48. The number of amides is 4. The van der Waals surface area contributed by atoms with Crippen LogP contribution in [0.4, 0.5) is 21.0 Å². The van der Waals surface area contributed by atoms with Crippen molar-refractivity contribution in [3.05, 3.63) is 70.9 Å². The number of rotatable bonds is 7. The summed E-state index contributed by atoms with van der Waals surface area (Å²) in [5.74, 6) is -0.509. The molecule has 3 N–H and O–H groups in total. The van der Waals surface area contributed by atoms with Gasteiger partial charge in [-0.05, 0) is 55.2 Å². The number of esters is 1. The molecule has 33 heavy (non-hydrogen) atoms. The molecule has 0 saturated carbocycles. The lowest BCUT2D eigenvalue weighted by Gasteiger charge is -2.35. The van der Waals surface area contributed by atoms with Crippen LogP contribution in [0, 0.1) is 0 Å². The molecule has 0 spiro atoms. The van der Waals surface area contributed by atoms with E-state index in [-0.39, 0.29) is 12.1 Å². The molecule has 1 heterocycles. The first kappa shape index (κ1) is 23.8. The van der Waals surface area contributed by atoms with Gasteiger partial charge in [0.25, 0.3) is 0 Å². The van der Waals surface area contributed by atoms with Crippen LogP contribution in [0.5, 0.6) is 0 Å². The zero-order valence-electron chi connectivity index (χ0n) is 19.4. The Bertz CT molecular complexity index is 1080. The zero-order chi connectivity index (χ0) is 24.0. The third-order valence-electron chi connectivity index (χ3n) is 5.52. The molecular weight excluding hydrogens is 420 g/mol. The van der Waals surface area contributed by atoms with Gasteiger partial charge in [0, 0.05) is 23.6 Å². The topological polar surface area (TPSA) is 99.8 Å². The molecule has 1 unspecified atom stereocenters. The van der Waals surface area contributed by atoms with Crippen LogP contribution in [0.2, 0.25) is 0 Å². The Morgan fingerprint density at radius 1 is 1.06 bits per heavy atom. The number of benzene rings is 2. The molecule has 174 valence electrons. The van der Waals surface area contributed by atoms with E-state index in [1.165, 1.54) is 7.11 Å². The Kier molecular flexibility index (Phi) is 7.71. The Morgan fingerprint density at radius 2 is 1.73 bits per heavy atom. The third-order valence-corrected chi connectivity index (χ3v) is 5.52. The number of urea groups is 2. The van der Waals surface area contributed by atoms with Crippen LogP contribution in [0.3, 0.4) is 0 Å². The molecule has 8 heteroatoms. The summed E-state index contributed by atoms with van der Waals surface area (Å²) in [6, 6.07) is 13.3. The second kappa shape index (κ2) is 10.7. The van der Waals surface area contributed by atoms with Crippen LogP contribution in [0.1, 0.15) is 44.4 Å². The first-order valence-electron chi connectivity index (χ1n) is 11.0. The summed E-state index contributed by atoms with van der Waals surface area (Å²) < 4.78 is 5.00. The minimum absolute atomic E-state index is 0.279. The monoisotopic (exact) mass is 450 g/mol. The molecule has 1 aliphatic rings. The molecule has 0 aliphatic carbocycles. The summed E-state index contributed by atoms with van der Waals surface area (Å²) in [5.41, 5.74) is 3.93. The van der Waals surface area contributed by atoms with Gasteiger partial charge in [-0.2, -0.15) is 0 Å². The van der Waals surface area contributed by atoms with E-state index in [4.69, 9.17) is 4.74 Å². The van der Waals surface area contributed by atoms with Gasteiger partial charge in [-0.1, -0.05) is 38.1 Å². The highest BCUT2D eigenvalue weighted by Crippen LogP contribution is 2.32. The van der Waals surface area contributed by atoms with Crippen molar-refractivity contribution in [2.45, 2.75) is 39.7 Å². The fourth-order valence-electron chi connectivity index (χ4n) is 3.86. The lowest BCUT2D eigenvalue weighted by molar-refractivity contribution is -0.136. The smallest absolute Gasteiger partial charge is 0.337 e. The van der Waals surface area contributed by atoms with Crippen molar-refractivity contribution in [1.82, 2.24) is 10.2 Å². The van der Waals surface area contributed by atoms with E-state index in [1.54, 1.807) is 36.1 Å². The van der Waals surface area contributed by atoms with Gasteiger partial charge in [-0.25, -0.2) is 14.4 Å². The van der Waals surface area contributed by atoms with Crippen molar-refractivity contribution in [1.29, 1.82) is 0 Å². The van der Waals surface area contributed by atoms with Crippen molar-refractivity contribution >= 4 is 29.4 Å². The molecule has 8 nitrogen and oxygen atoms in total. The molecular formula is C25H30N4O4. The highest BCUT2D eigenvalue weighted by Gasteiger charge is 2.36. The van der Waals surface area contributed by atoms with Crippen LogP contribution >= 0.6 is 0 Å². The standard InChI is InChI=1S/C25H30N4O4/c1-5-13-29-16(3)21(23(30)33-4)22(28-25(29)32)18-10-8-12-20(15-18)27-24(31)26-19-11-7-9-17(6-2)14-19/h7-12,14-15,22H,5-6,13H2,1-4H3,(H,28,32)(H2,26,27,31). The number of allylic oxidation sites excluding steroid dienone is 1. The number of hydrogen-bond acceptors (Lipinski definition) is 4. The molecule has 0 aromatic heterocycles. The normalized spacial score (nSPS) is 15.7. The minimum atomic E-state index is -0.691. The Labute approximate surface area is 194 Å². The molecule has 0 radical (unpaired) electrons. The van der Waals surface area contributed by atoms with Gasteiger partial charge in [-0.3, -0.25) is 4.90 Å². The molecule has 2 aromatic rings. The third kappa shape index (κ3) is 5.52. The van der Waals surface area contributed by atoms with E-state index >= 15 is 0 Å². The SMILES string of the molecule is CCCN1C(=O)NC(c2cccc(NC(=O)Nc3cccc(CC)c3)c2)C(C(=O)OC)=C1C. The molecule has 4 amide bonds. The fourth-order valence-corrected chi connectivity index (χ4v) is 3.86. The van der Waals surface area contributed by atoms with E-state index in [2.05, 4.69) is 22.9 Å². The van der Waals surface area contributed by atoms with Crippen LogP contribution in [0.25, 0.3) is 0 Å². The van der Waals surface area contributed by atoms with Gasteiger partial charge in [0.05, 0.1) is 18.7 Å². The van der Waals surface area contributed by atoms with Gasteiger partial charge in [-0.15, -0.1) is 0 Å². The average Bonchev–Trinajstić information content (AvgIpc) is 2.81. The lowest BCUT2D eigenvalue weighted by atomic mass is 9.94. The van der Waals surface area contributed by atoms with Crippen molar-refractivity contribution < 1.29 is 19.1 Å². The number of aryl methyl sites for hydroxylation is 1. The summed E-state index contributed by atoms with van der Waals surface area (Å²) in [5, 5.41) is 8.53. The van der Waals surface area contributed by atoms with Crippen LogP contribution in [-0.4, -0.2) is 36.6 Å². The number of hydrogen-bond donors (Lipinski definition) is 3. The summed E-state index contributed by atoms with van der Waals surface area (Å²) >= 11 is 0. The Morgan fingerprint density at radius 3 is 2.36 bits per heavy atom. The number of nitrogens with zero attached hydrogens (tertiary/aromatic N) is 1. The predicted molar refractivity (Wildman–Crippen MR) is 128 cm³/mol. The van der Waals surface area contributed by atoms with Gasteiger partial charge in [0.1, 0.15) is 0 Å². The van der Waals surface area contributed by atoms with Gasteiger partial charge in [0.15, 0.2) is 0 Å². The van der Waals surface area contributed by atoms with Crippen LogP contribution < -0.4 is 16.0 Å². The first-order valence-corrected chi connectivity index (χ1v) is 11.0. The first-order chi connectivity index (χ1) is 15.9. The maximum atomic E-state index is 12.7. The maximum Gasteiger partial charge on any atom is 0.337 e. The minimum Gasteiger partial charge on any atom is -0.466 e. The van der Waals surface area contributed by atoms with Crippen LogP contribution in [-0.2, 0) is 16.0 Å².